The van der Waals surface area contributed by atoms with Crippen LogP contribution in [0.2, 0.25) is 10.0 Å². The number of hydrogen-bond acceptors (Lipinski definition) is 5. The molecule has 6 nitrogen and oxygen atoms in total. The molecule has 1 N–H and O–H groups in total. The van der Waals surface area contributed by atoms with E-state index in [1.807, 2.05) is 0 Å². The summed E-state index contributed by atoms with van der Waals surface area (Å²) in [5, 5.41) is 2.51. The monoisotopic (exact) mass is 630 g/mol. The van der Waals surface area contributed by atoms with Gasteiger partial charge in [0.1, 0.15) is 6.04 Å². The molecule has 3 atom stereocenters. The molecule has 0 saturated carbocycles. The molecule has 2 fully saturated rings. The minimum Gasteiger partial charge on any atom is -0.468 e. The lowest BCUT2D eigenvalue weighted by atomic mass is 9.71. The Hall–Kier alpha value is -3.61. The molecule has 3 aromatic carbocycles. The van der Waals surface area contributed by atoms with E-state index in [1.165, 1.54) is 30.3 Å². The van der Waals surface area contributed by atoms with Gasteiger partial charge in [-0.3, -0.25) is 19.7 Å². The first kappa shape index (κ1) is 29.9. The van der Waals surface area contributed by atoms with Crippen molar-refractivity contribution in [2.45, 2.75) is 23.9 Å². The van der Waals surface area contributed by atoms with Crippen molar-refractivity contribution in [2.24, 2.45) is 11.8 Å². The molecule has 2 aliphatic rings. The summed E-state index contributed by atoms with van der Waals surface area (Å²) in [5.74, 6) is -6.47. The number of hydrogen-bond donors (Lipinski definition) is 1. The number of rotatable bonds is 4. The molecular formula is C28H18Cl2F6N2O4. The van der Waals surface area contributed by atoms with Gasteiger partial charge >= 0.3 is 18.3 Å². The summed E-state index contributed by atoms with van der Waals surface area (Å²) >= 11 is 12.6. The minimum absolute atomic E-state index is 0.129. The number of carbonyl (C=O) groups excluding carboxylic acids is 3. The summed E-state index contributed by atoms with van der Waals surface area (Å²) in [7, 11) is 0.984. The van der Waals surface area contributed by atoms with Gasteiger partial charge in [0.25, 0.3) is 0 Å². The summed E-state index contributed by atoms with van der Waals surface area (Å²) in [4.78, 5) is 41.8. The number of para-hydroxylation sites is 1. The zero-order valence-electron chi connectivity index (χ0n) is 21.2. The maximum absolute atomic E-state index is 14.2. The number of benzene rings is 3. The first-order valence-corrected chi connectivity index (χ1v) is 12.9. The minimum atomic E-state index is -4.88. The second kappa shape index (κ2) is 10.3. The van der Waals surface area contributed by atoms with Gasteiger partial charge in [0.2, 0.25) is 11.8 Å². The van der Waals surface area contributed by atoms with Gasteiger partial charge in [-0.1, -0.05) is 53.5 Å². The molecule has 0 aliphatic carbocycles. The molecule has 0 unspecified atom stereocenters. The highest BCUT2D eigenvalue weighted by Gasteiger charge is 2.69. The molecule has 42 heavy (non-hydrogen) atoms. The fourth-order valence-electron chi connectivity index (χ4n) is 5.74. The van der Waals surface area contributed by atoms with Crippen LogP contribution >= 0.6 is 23.2 Å². The fourth-order valence-corrected chi connectivity index (χ4v) is 6.30. The SMILES string of the molecule is COC(=O)[C@@H]1NC(c2cccc(C(F)(F)F)c2)(c2cccc(C(F)(F)F)c2)[C@@H]2C(=O)N(c3c(Cl)cccc3Cl)C(=O)[C@H]21. The lowest BCUT2D eigenvalue weighted by molar-refractivity contribution is -0.145. The van der Waals surface area contributed by atoms with E-state index in [0.717, 1.165) is 31.4 Å². The van der Waals surface area contributed by atoms with E-state index in [9.17, 15) is 40.7 Å². The Bertz CT molecular complexity index is 1530. The predicted molar refractivity (Wildman–Crippen MR) is 139 cm³/mol. The summed E-state index contributed by atoms with van der Waals surface area (Å²) in [6.07, 6.45) is -9.76. The highest BCUT2D eigenvalue weighted by Crippen LogP contribution is 2.54. The number of ether oxygens (including phenoxy) is 1. The largest absolute Gasteiger partial charge is 0.468 e. The molecule has 2 heterocycles. The first-order chi connectivity index (χ1) is 19.6. The fraction of sp³-hybridized carbons (Fsp3) is 0.250. The molecule has 3 aromatic rings. The Morgan fingerprint density at radius 3 is 1.76 bits per heavy atom. The van der Waals surface area contributed by atoms with Gasteiger partial charge in [-0.2, -0.15) is 26.3 Å². The second-order valence-electron chi connectivity index (χ2n) is 9.70. The van der Waals surface area contributed by atoms with Crippen LogP contribution in [0.4, 0.5) is 32.0 Å². The van der Waals surface area contributed by atoms with Crippen LogP contribution < -0.4 is 10.2 Å². The van der Waals surface area contributed by atoms with Gasteiger partial charge in [0.15, 0.2) is 0 Å². The van der Waals surface area contributed by atoms with Crippen LogP contribution in [0.15, 0.2) is 66.7 Å². The van der Waals surface area contributed by atoms with Crippen LogP contribution in [0.25, 0.3) is 0 Å². The molecule has 0 radical (unpaired) electrons. The normalized spacial score (nSPS) is 21.9. The van der Waals surface area contributed by atoms with Crippen LogP contribution in [0.3, 0.4) is 0 Å². The van der Waals surface area contributed by atoms with Crippen LogP contribution in [0.5, 0.6) is 0 Å². The predicted octanol–water partition coefficient (Wildman–Crippen LogP) is 6.23. The quantitative estimate of drug-likeness (QED) is 0.210. The maximum atomic E-state index is 14.2. The molecule has 2 amide bonds. The maximum Gasteiger partial charge on any atom is 0.416 e. The summed E-state index contributed by atoms with van der Waals surface area (Å²) in [5.41, 5.74) is -5.46. The number of alkyl halides is 6. The number of fused-ring (bicyclic) bond motifs is 1. The average Bonchev–Trinajstić information content (AvgIpc) is 3.42. The summed E-state index contributed by atoms with van der Waals surface area (Å²) < 4.78 is 87.9. The number of nitrogens with one attached hydrogen (secondary N) is 1. The Labute approximate surface area is 244 Å². The molecule has 220 valence electrons. The van der Waals surface area contributed by atoms with Gasteiger partial charge in [0.05, 0.1) is 51.3 Å². The van der Waals surface area contributed by atoms with Crippen molar-refractivity contribution in [1.29, 1.82) is 0 Å². The van der Waals surface area contributed by atoms with E-state index >= 15 is 0 Å². The van der Waals surface area contributed by atoms with Crippen molar-refractivity contribution >= 4 is 46.7 Å². The van der Waals surface area contributed by atoms with E-state index in [-0.39, 0.29) is 26.9 Å². The van der Waals surface area contributed by atoms with E-state index in [1.54, 1.807) is 0 Å². The molecule has 0 spiro atoms. The number of anilines is 1. The number of imide groups is 1. The van der Waals surface area contributed by atoms with E-state index in [2.05, 4.69) is 5.32 Å². The highest BCUT2D eigenvalue weighted by atomic mass is 35.5. The van der Waals surface area contributed by atoms with Crippen molar-refractivity contribution in [2.75, 3.05) is 12.0 Å². The summed E-state index contributed by atoms with van der Waals surface area (Å²) in [6, 6.07) is 9.61. The van der Waals surface area contributed by atoms with Crippen molar-refractivity contribution in [1.82, 2.24) is 5.32 Å². The molecule has 0 aromatic heterocycles. The zero-order chi connectivity index (χ0) is 30.8. The zero-order valence-corrected chi connectivity index (χ0v) is 22.7. The standard InChI is InChI=1S/C28H18Cl2F6N2O4/c1-42-25(41)21-19-20(24(40)38(23(19)39)22-17(29)9-4-10-18(22)30)26(37-21,13-5-2-7-15(11-13)27(31,32)33)14-6-3-8-16(12-14)28(34,35)36/h2-12,19-21,37H,1H3/t19-,20+,21-/m1/s1. The van der Waals surface area contributed by atoms with Gasteiger partial charge < -0.3 is 4.74 Å². The van der Waals surface area contributed by atoms with Gasteiger partial charge in [-0.05, 0) is 47.5 Å². The Balaban J connectivity index is 1.84. The van der Waals surface area contributed by atoms with Crippen molar-refractivity contribution in [3.63, 3.8) is 0 Å². The molecule has 0 bridgehead atoms. The molecule has 5 rings (SSSR count). The summed E-state index contributed by atoms with van der Waals surface area (Å²) in [6.45, 7) is 0. The number of carbonyl (C=O) groups is 3. The van der Waals surface area contributed by atoms with Crippen LogP contribution in [-0.4, -0.2) is 30.9 Å². The third kappa shape index (κ3) is 4.61. The smallest absolute Gasteiger partial charge is 0.416 e. The van der Waals surface area contributed by atoms with E-state index in [0.29, 0.717) is 17.0 Å². The molecule has 14 heteroatoms. The Morgan fingerprint density at radius 2 is 1.31 bits per heavy atom. The number of esters is 1. The number of halogens is 8. The number of methoxy groups -OCH3 is 1. The third-order valence-corrected chi connectivity index (χ3v) is 8.08. The van der Waals surface area contributed by atoms with Gasteiger partial charge in [0, 0.05) is 0 Å². The van der Waals surface area contributed by atoms with Crippen molar-refractivity contribution < 1.29 is 45.5 Å². The molecular weight excluding hydrogens is 613 g/mol. The van der Waals surface area contributed by atoms with Gasteiger partial charge in [-0.15, -0.1) is 0 Å². The lowest BCUT2D eigenvalue weighted by Gasteiger charge is -2.37. The third-order valence-electron chi connectivity index (χ3n) is 7.47. The lowest BCUT2D eigenvalue weighted by Crippen LogP contribution is -2.52. The van der Waals surface area contributed by atoms with Crippen LogP contribution in [0, 0.1) is 11.8 Å². The first-order valence-electron chi connectivity index (χ1n) is 12.2. The second-order valence-corrected chi connectivity index (χ2v) is 10.5. The van der Waals surface area contributed by atoms with Crippen molar-refractivity contribution in [3.8, 4) is 0 Å². The average molecular weight is 631 g/mol. The molecule has 2 aliphatic heterocycles. The van der Waals surface area contributed by atoms with Crippen LogP contribution in [-0.2, 0) is 37.0 Å². The van der Waals surface area contributed by atoms with Crippen molar-refractivity contribution in [3.05, 3.63) is 99.0 Å². The van der Waals surface area contributed by atoms with Gasteiger partial charge in [-0.25, -0.2) is 4.90 Å². The Morgan fingerprint density at radius 1 is 0.833 bits per heavy atom. The van der Waals surface area contributed by atoms with E-state index in [4.69, 9.17) is 27.9 Å². The molecule has 2 saturated heterocycles. The Kier molecular flexibility index (Phi) is 7.31. The highest BCUT2D eigenvalue weighted by molar-refractivity contribution is 6.42. The number of nitrogens with zero attached hydrogens (tertiary/aromatic N) is 1. The topological polar surface area (TPSA) is 75.7 Å². The van der Waals surface area contributed by atoms with Crippen LogP contribution in [0.1, 0.15) is 22.3 Å². The van der Waals surface area contributed by atoms with E-state index < -0.39 is 64.7 Å². The number of amides is 2.